The lowest BCUT2D eigenvalue weighted by Gasteiger charge is -2.23. The Morgan fingerprint density at radius 1 is 0.533 bits per heavy atom. The molecule has 0 N–H and O–H groups in total. The molecule has 0 saturated heterocycles. The van der Waals surface area contributed by atoms with Gasteiger partial charge in [0.05, 0.1) is 5.71 Å². The summed E-state index contributed by atoms with van der Waals surface area (Å²) in [4.78, 5) is 5.45. The summed E-state index contributed by atoms with van der Waals surface area (Å²) < 4.78 is 0. The standard InChI is InChI=1S/C22H42.C21H39NO/c1-18(13-14-20(3)17-22(7,8)9)11-10-12-19(2)15-16-21(4,5)6;1-17(13-14-19(3)22-23-21(7,8)9)11-10-12-18(2)15-16-20(4,5)6/h11,15,20H,10,12-14,16-17H2,1-9H3;11,15H,10,12-14,16H2,1-9H3/b18-11+,19-15+;17-11+,18-15+,22-19+. The fourth-order valence-electron chi connectivity index (χ4n) is 4.72. The monoisotopic (exact) mass is 628 g/mol. The van der Waals surface area contributed by atoms with Gasteiger partial charge in [0.2, 0.25) is 0 Å². The number of rotatable bonds is 16. The summed E-state index contributed by atoms with van der Waals surface area (Å²) in [6, 6.07) is 0. The largest absolute Gasteiger partial charge is 0.390 e. The number of hydrogen-bond donors (Lipinski definition) is 0. The summed E-state index contributed by atoms with van der Waals surface area (Å²) in [6.07, 6.45) is 22.7. The molecule has 2 nitrogen and oxygen atoms in total. The molecule has 1 unspecified atom stereocenters. The van der Waals surface area contributed by atoms with Crippen LogP contribution in [0.25, 0.3) is 0 Å². The van der Waals surface area contributed by atoms with Gasteiger partial charge in [-0.2, -0.15) is 0 Å². The van der Waals surface area contributed by atoms with E-state index >= 15 is 0 Å². The third-order valence-electron chi connectivity index (χ3n) is 7.54. The molecule has 0 bridgehead atoms. The fraction of sp³-hybridized carbons (Fsp3) is 0.791. The molecule has 0 aliphatic rings. The molecule has 45 heavy (non-hydrogen) atoms. The Labute approximate surface area is 284 Å². The molecule has 0 amide bonds. The van der Waals surface area contributed by atoms with Crippen LogP contribution in [0.1, 0.15) is 195 Å². The molecule has 0 saturated carbocycles. The van der Waals surface area contributed by atoms with Crippen LogP contribution in [0.2, 0.25) is 0 Å². The van der Waals surface area contributed by atoms with Crippen LogP contribution in [-0.2, 0) is 4.84 Å². The lowest BCUT2D eigenvalue weighted by molar-refractivity contribution is 0.000466. The average molecular weight is 628 g/mol. The maximum atomic E-state index is 5.45. The molecule has 0 radical (unpaired) electrons. The lowest BCUT2D eigenvalue weighted by Crippen LogP contribution is -2.16. The number of hydrogen-bond acceptors (Lipinski definition) is 2. The van der Waals surface area contributed by atoms with Crippen molar-refractivity contribution in [2.45, 2.75) is 201 Å². The van der Waals surface area contributed by atoms with Gasteiger partial charge in [-0.1, -0.05) is 121 Å². The number of nitrogens with zero attached hydrogens (tertiary/aromatic N) is 1. The molecule has 0 aromatic heterocycles. The van der Waals surface area contributed by atoms with Gasteiger partial charge < -0.3 is 4.84 Å². The van der Waals surface area contributed by atoms with Gasteiger partial charge in [-0.05, 0) is 148 Å². The second-order valence-corrected chi connectivity index (χ2v) is 18.7. The highest BCUT2D eigenvalue weighted by atomic mass is 16.6. The first kappa shape index (κ1) is 45.6. The summed E-state index contributed by atoms with van der Waals surface area (Å²) >= 11 is 0. The maximum absolute atomic E-state index is 5.45. The second kappa shape index (κ2) is 22.1. The van der Waals surface area contributed by atoms with Gasteiger partial charge in [0.15, 0.2) is 0 Å². The Balaban J connectivity index is 0. The zero-order valence-electron chi connectivity index (χ0n) is 34.0. The Morgan fingerprint density at radius 3 is 1.31 bits per heavy atom. The summed E-state index contributed by atoms with van der Waals surface area (Å²) in [5.74, 6) is 0.830. The van der Waals surface area contributed by atoms with Gasteiger partial charge in [-0.25, -0.2) is 0 Å². The first-order chi connectivity index (χ1) is 20.3. The van der Waals surface area contributed by atoms with Gasteiger partial charge in [0.1, 0.15) is 5.60 Å². The van der Waals surface area contributed by atoms with E-state index in [2.05, 4.69) is 126 Å². The molecular formula is C43H81NO. The minimum absolute atomic E-state index is 0.205. The zero-order chi connectivity index (χ0) is 35.5. The quantitative estimate of drug-likeness (QED) is 0.0947. The van der Waals surface area contributed by atoms with Crippen molar-refractivity contribution in [3.05, 3.63) is 46.6 Å². The SMILES string of the molecule is C/C(=C\CC(C)(C)C)CC/C=C(\C)CC/C(C)=N/OC(C)(C)C.C/C(=C\CC(C)(C)C)CC/C=C(\C)CCC(C)CC(C)(C)C. The molecule has 0 aromatic carbocycles. The molecule has 0 rings (SSSR count). The van der Waals surface area contributed by atoms with Crippen LogP contribution >= 0.6 is 0 Å². The van der Waals surface area contributed by atoms with E-state index in [0.29, 0.717) is 16.2 Å². The first-order valence-electron chi connectivity index (χ1n) is 18.1. The molecule has 0 aliphatic carbocycles. The molecule has 0 aromatic rings. The van der Waals surface area contributed by atoms with E-state index < -0.39 is 0 Å². The van der Waals surface area contributed by atoms with Crippen LogP contribution in [0.4, 0.5) is 0 Å². The van der Waals surface area contributed by atoms with Crippen LogP contribution in [0.3, 0.4) is 0 Å². The van der Waals surface area contributed by atoms with Crippen molar-refractivity contribution in [1.29, 1.82) is 0 Å². The molecule has 1 atom stereocenters. The zero-order valence-corrected chi connectivity index (χ0v) is 34.0. The van der Waals surface area contributed by atoms with Gasteiger partial charge >= 0.3 is 0 Å². The van der Waals surface area contributed by atoms with Crippen LogP contribution in [0.15, 0.2) is 51.8 Å². The smallest absolute Gasteiger partial charge is 0.129 e. The lowest BCUT2D eigenvalue weighted by atomic mass is 9.83. The van der Waals surface area contributed by atoms with Gasteiger partial charge in [0, 0.05) is 0 Å². The number of allylic oxidation sites excluding steroid dienone is 8. The predicted octanol–water partition coefficient (Wildman–Crippen LogP) is 15.0. The highest BCUT2D eigenvalue weighted by Crippen LogP contribution is 2.28. The third kappa shape index (κ3) is 36.8. The van der Waals surface area contributed by atoms with Crippen molar-refractivity contribution in [3.63, 3.8) is 0 Å². The van der Waals surface area contributed by atoms with E-state index in [0.717, 1.165) is 43.7 Å². The Hall–Kier alpha value is -1.57. The van der Waals surface area contributed by atoms with Crippen molar-refractivity contribution >= 4 is 5.71 Å². The van der Waals surface area contributed by atoms with Crippen LogP contribution in [0, 0.1) is 22.2 Å². The Bertz CT molecular complexity index is 942. The molecular weight excluding hydrogens is 546 g/mol. The van der Waals surface area contributed by atoms with Crippen molar-refractivity contribution in [1.82, 2.24) is 0 Å². The minimum Gasteiger partial charge on any atom is -0.390 e. The fourth-order valence-corrected chi connectivity index (χ4v) is 4.72. The average Bonchev–Trinajstić information content (AvgIpc) is 2.85. The normalized spacial score (nSPS) is 15.6. The predicted molar refractivity (Wildman–Crippen MR) is 207 cm³/mol. The highest BCUT2D eigenvalue weighted by Gasteiger charge is 2.15. The van der Waals surface area contributed by atoms with E-state index in [1.165, 1.54) is 49.7 Å². The van der Waals surface area contributed by atoms with E-state index in [1.807, 2.05) is 27.7 Å². The maximum Gasteiger partial charge on any atom is 0.129 e. The Morgan fingerprint density at radius 2 is 0.933 bits per heavy atom. The van der Waals surface area contributed by atoms with Crippen molar-refractivity contribution in [3.8, 4) is 0 Å². The minimum atomic E-state index is -0.205. The summed E-state index contributed by atoms with van der Waals surface area (Å²) in [5.41, 5.74) is 8.18. The van der Waals surface area contributed by atoms with Crippen LogP contribution in [-0.4, -0.2) is 11.3 Å². The first-order valence-corrected chi connectivity index (χ1v) is 18.1. The Kier molecular flexibility index (Phi) is 22.4. The molecule has 0 heterocycles. The summed E-state index contributed by atoms with van der Waals surface area (Å²) in [6.45, 7) is 40.3. The van der Waals surface area contributed by atoms with E-state index in [1.54, 1.807) is 11.1 Å². The molecule has 0 spiro atoms. The molecule has 264 valence electrons. The van der Waals surface area contributed by atoms with Crippen molar-refractivity contribution in [2.75, 3.05) is 0 Å². The van der Waals surface area contributed by atoms with Gasteiger partial charge in [-0.15, -0.1) is 0 Å². The van der Waals surface area contributed by atoms with Gasteiger partial charge in [0.25, 0.3) is 0 Å². The van der Waals surface area contributed by atoms with E-state index in [-0.39, 0.29) is 5.60 Å². The van der Waals surface area contributed by atoms with Crippen molar-refractivity contribution in [2.24, 2.45) is 27.3 Å². The summed E-state index contributed by atoms with van der Waals surface area (Å²) in [7, 11) is 0. The van der Waals surface area contributed by atoms with E-state index in [9.17, 15) is 0 Å². The topological polar surface area (TPSA) is 21.6 Å². The number of oxime groups is 1. The molecule has 0 aliphatic heterocycles. The van der Waals surface area contributed by atoms with Gasteiger partial charge in [-0.3, -0.25) is 0 Å². The molecule has 0 fully saturated rings. The van der Waals surface area contributed by atoms with E-state index in [4.69, 9.17) is 4.84 Å². The second-order valence-electron chi connectivity index (χ2n) is 18.7. The summed E-state index contributed by atoms with van der Waals surface area (Å²) in [5, 5.41) is 4.20. The third-order valence-corrected chi connectivity index (χ3v) is 7.54. The van der Waals surface area contributed by atoms with Crippen molar-refractivity contribution < 1.29 is 4.84 Å². The highest BCUT2D eigenvalue weighted by molar-refractivity contribution is 5.81. The molecule has 2 heteroatoms. The van der Waals surface area contributed by atoms with Crippen LogP contribution < -0.4 is 0 Å². The van der Waals surface area contributed by atoms with Crippen LogP contribution in [0.5, 0.6) is 0 Å².